The summed E-state index contributed by atoms with van der Waals surface area (Å²) in [6, 6.07) is 27.1. The molecule has 0 unspecified atom stereocenters. The molecule has 0 aliphatic rings. The van der Waals surface area contributed by atoms with Crippen molar-refractivity contribution in [2.45, 2.75) is 50.7 Å². The molecule has 0 amide bonds. The second-order valence-corrected chi connectivity index (χ2v) is 8.69. The number of carboxylic acid groups (broad SMARTS) is 1. The maximum Gasteiger partial charge on any atom is 0.347 e. The molecule has 0 saturated heterocycles. The molecule has 0 atom stereocenters. The fourth-order valence-corrected chi connectivity index (χ4v) is 3.37. The van der Waals surface area contributed by atoms with E-state index in [1.807, 2.05) is 36.4 Å². The van der Waals surface area contributed by atoms with Crippen molar-refractivity contribution >= 4 is 5.97 Å². The van der Waals surface area contributed by atoms with Crippen LogP contribution in [0.2, 0.25) is 0 Å². The van der Waals surface area contributed by atoms with Gasteiger partial charge in [-0.15, -0.1) is 0 Å². The molecule has 0 aliphatic heterocycles. The second kappa shape index (κ2) is 10.8. The summed E-state index contributed by atoms with van der Waals surface area (Å²) in [5.41, 5.74) is 0.613. The fourth-order valence-electron chi connectivity index (χ4n) is 3.37. The predicted octanol–water partition coefficient (Wildman–Crippen LogP) is 5.28. The van der Waals surface area contributed by atoms with E-state index in [0.717, 1.165) is 18.4 Å². The van der Waals surface area contributed by atoms with Crippen LogP contribution in [0, 0.1) is 11.8 Å². The molecule has 0 spiro atoms. The summed E-state index contributed by atoms with van der Waals surface area (Å²) in [5.74, 6) is 5.63. The van der Waals surface area contributed by atoms with E-state index in [2.05, 4.69) is 36.1 Å². The Hall–Kier alpha value is -3.55. The smallest absolute Gasteiger partial charge is 0.347 e. The molecule has 0 fully saturated rings. The van der Waals surface area contributed by atoms with Gasteiger partial charge >= 0.3 is 5.97 Å². The van der Waals surface area contributed by atoms with Gasteiger partial charge in [0.15, 0.2) is 5.60 Å². The van der Waals surface area contributed by atoms with Gasteiger partial charge in [-0.3, -0.25) is 0 Å². The molecule has 0 aromatic heterocycles. The van der Waals surface area contributed by atoms with E-state index in [-0.39, 0.29) is 0 Å². The highest BCUT2D eigenvalue weighted by atomic mass is 16.5. The van der Waals surface area contributed by atoms with Crippen molar-refractivity contribution in [1.82, 2.24) is 0 Å². The van der Waals surface area contributed by atoms with Crippen molar-refractivity contribution in [3.05, 3.63) is 102 Å². The molecular formula is C29H30O4. The van der Waals surface area contributed by atoms with Gasteiger partial charge in [0.25, 0.3) is 0 Å². The highest BCUT2D eigenvalue weighted by Crippen LogP contribution is 2.22. The molecular weight excluding hydrogens is 412 g/mol. The van der Waals surface area contributed by atoms with Crippen molar-refractivity contribution in [3.63, 3.8) is 0 Å². The van der Waals surface area contributed by atoms with Crippen LogP contribution in [0.15, 0.2) is 84.9 Å². The largest absolute Gasteiger partial charge is 0.478 e. The average Bonchev–Trinajstić information content (AvgIpc) is 2.82. The number of hydrogen-bond donors (Lipinski definition) is 2. The first-order valence-electron chi connectivity index (χ1n) is 11.1. The van der Waals surface area contributed by atoms with Crippen molar-refractivity contribution in [3.8, 4) is 17.6 Å². The zero-order chi connectivity index (χ0) is 23.7. The third-order valence-corrected chi connectivity index (χ3v) is 5.52. The van der Waals surface area contributed by atoms with Crippen LogP contribution in [0.4, 0.5) is 0 Å². The Morgan fingerprint density at radius 1 is 0.818 bits per heavy atom. The Morgan fingerprint density at radius 2 is 1.30 bits per heavy atom. The summed E-state index contributed by atoms with van der Waals surface area (Å²) in [5, 5.41) is 20.6. The van der Waals surface area contributed by atoms with Gasteiger partial charge in [-0.2, -0.15) is 0 Å². The molecule has 0 aliphatic carbocycles. The van der Waals surface area contributed by atoms with E-state index < -0.39 is 17.2 Å². The predicted molar refractivity (Wildman–Crippen MR) is 130 cm³/mol. The van der Waals surface area contributed by atoms with Crippen LogP contribution >= 0.6 is 0 Å². The normalized spacial score (nSPS) is 11.4. The van der Waals surface area contributed by atoms with E-state index in [0.29, 0.717) is 18.6 Å². The van der Waals surface area contributed by atoms with Crippen molar-refractivity contribution in [1.29, 1.82) is 0 Å². The Morgan fingerprint density at radius 3 is 1.76 bits per heavy atom. The number of carbonyl (C=O) groups is 1. The molecule has 0 heterocycles. The number of rotatable bonds is 9. The maximum absolute atomic E-state index is 11.4. The van der Waals surface area contributed by atoms with Crippen LogP contribution in [0.3, 0.4) is 0 Å². The lowest BCUT2D eigenvalue weighted by Crippen LogP contribution is -2.37. The lowest BCUT2D eigenvalue weighted by atomic mass is 9.89. The summed E-state index contributed by atoms with van der Waals surface area (Å²) in [7, 11) is 0. The van der Waals surface area contributed by atoms with E-state index in [9.17, 15) is 15.0 Å². The Bertz CT molecular complexity index is 1050. The van der Waals surface area contributed by atoms with Crippen LogP contribution in [0.25, 0.3) is 0 Å². The van der Waals surface area contributed by atoms with Crippen molar-refractivity contribution < 1.29 is 19.7 Å². The number of aliphatic carboxylic acids is 1. The third kappa shape index (κ3) is 7.52. The zero-order valence-electron chi connectivity index (χ0n) is 19.1. The highest BCUT2D eigenvalue weighted by molar-refractivity contribution is 5.76. The van der Waals surface area contributed by atoms with Gasteiger partial charge in [-0.1, -0.05) is 72.5 Å². The molecule has 3 aromatic carbocycles. The third-order valence-electron chi connectivity index (χ3n) is 5.52. The van der Waals surface area contributed by atoms with E-state index in [1.165, 1.54) is 25.0 Å². The number of aliphatic hydroxyl groups is 1. The van der Waals surface area contributed by atoms with Gasteiger partial charge in [0.2, 0.25) is 0 Å². The molecule has 3 rings (SSSR count). The minimum atomic E-state index is -1.32. The standard InChI is InChI=1S/C29H30O4/c1-28(2,27(30)31)33-26-15-13-25(14-16-26)19-22-29(32,20-17-23-9-5-3-6-10-23)21-18-24-11-7-4-8-12-24/h3-16,32H,17-18,20-21H2,1-2H3,(H,30,31). The summed E-state index contributed by atoms with van der Waals surface area (Å²) in [6.45, 7) is 3.01. The lowest BCUT2D eigenvalue weighted by molar-refractivity contribution is -0.152. The quantitative estimate of drug-likeness (QED) is 0.443. The van der Waals surface area contributed by atoms with Gasteiger partial charge in [0.1, 0.15) is 11.4 Å². The average molecular weight is 443 g/mol. The SMILES string of the molecule is CC(C)(Oc1ccc(C#CC(O)(CCc2ccccc2)CCc2ccccc2)cc1)C(=O)O. The maximum atomic E-state index is 11.4. The first-order valence-corrected chi connectivity index (χ1v) is 11.1. The first kappa shape index (κ1) is 24.1. The molecule has 170 valence electrons. The number of benzene rings is 3. The molecule has 0 bridgehead atoms. The van der Waals surface area contributed by atoms with Crippen molar-refractivity contribution in [2.75, 3.05) is 0 Å². The second-order valence-electron chi connectivity index (χ2n) is 8.69. The molecule has 0 radical (unpaired) electrons. The number of carboxylic acids is 1. The van der Waals surface area contributed by atoms with E-state index in [4.69, 9.17) is 4.74 Å². The number of hydrogen-bond acceptors (Lipinski definition) is 3. The monoisotopic (exact) mass is 442 g/mol. The van der Waals surface area contributed by atoms with Gasteiger partial charge in [-0.25, -0.2) is 4.79 Å². The minimum Gasteiger partial charge on any atom is -0.478 e. The number of aryl methyl sites for hydroxylation is 2. The Labute approximate surface area is 195 Å². The summed E-state index contributed by atoms with van der Waals surface area (Å²) >= 11 is 0. The summed E-state index contributed by atoms with van der Waals surface area (Å²) in [6.07, 6.45) is 2.53. The van der Waals surface area contributed by atoms with Crippen LogP contribution in [-0.4, -0.2) is 27.4 Å². The summed E-state index contributed by atoms with van der Waals surface area (Å²) in [4.78, 5) is 11.3. The van der Waals surface area contributed by atoms with Gasteiger partial charge < -0.3 is 14.9 Å². The topological polar surface area (TPSA) is 66.8 Å². The van der Waals surface area contributed by atoms with E-state index >= 15 is 0 Å². The van der Waals surface area contributed by atoms with Crippen molar-refractivity contribution in [2.24, 2.45) is 0 Å². The first-order chi connectivity index (χ1) is 15.8. The van der Waals surface area contributed by atoms with Crippen LogP contribution < -0.4 is 4.74 Å². The zero-order valence-corrected chi connectivity index (χ0v) is 19.1. The molecule has 2 N–H and O–H groups in total. The molecule has 33 heavy (non-hydrogen) atoms. The van der Waals surface area contributed by atoms with E-state index in [1.54, 1.807) is 24.3 Å². The molecule has 4 heteroatoms. The van der Waals surface area contributed by atoms with Crippen LogP contribution in [0.5, 0.6) is 5.75 Å². The Balaban J connectivity index is 1.74. The van der Waals surface area contributed by atoms with Crippen LogP contribution in [-0.2, 0) is 17.6 Å². The Kier molecular flexibility index (Phi) is 7.92. The number of ether oxygens (including phenoxy) is 1. The fraction of sp³-hybridized carbons (Fsp3) is 0.276. The van der Waals surface area contributed by atoms with Gasteiger partial charge in [-0.05, 0) is 74.9 Å². The van der Waals surface area contributed by atoms with Gasteiger partial charge in [0, 0.05) is 5.56 Å². The van der Waals surface area contributed by atoms with Crippen LogP contribution in [0.1, 0.15) is 43.4 Å². The molecule has 0 saturated carbocycles. The lowest BCUT2D eigenvalue weighted by Gasteiger charge is -2.23. The highest BCUT2D eigenvalue weighted by Gasteiger charge is 2.29. The molecule has 3 aromatic rings. The summed E-state index contributed by atoms with van der Waals surface area (Å²) < 4.78 is 5.54. The molecule has 4 nitrogen and oxygen atoms in total. The van der Waals surface area contributed by atoms with Gasteiger partial charge in [0.05, 0.1) is 0 Å². The minimum absolute atomic E-state index is 0.455.